The zero-order chi connectivity index (χ0) is 23.9. The van der Waals surface area contributed by atoms with Gasteiger partial charge in [0.05, 0.1) is 22.6 Å². The summed E-state index contributed by atoms with van der Waals surface area (Å²) in [6.07, 6.45) is 0.984. The number of nitrogens with zero attached hydrogens (tertiary/aromatic N) is 5. The number of para-hydroxylation sites is 1. The van der Waals surface area contributed by atoms with Crippen LogP contribution in [0.4, 0.5) is 5.69 Å². The Morgan fingerprint density at radius 1 is 0.971 bits per heavy atom. The van der Waals surface area contributed by atoms with Crippen molar-refractivity contribution in [2.24, 2.45) is 7.05 Å². The SMILES string of the molecule is CCc1cc(CN2CCN(c3cccc4[nH]c(-c5ccc(C(C)(C)C)cc5)nc34)CC2)n(C)n1. The summed E-state index contributed by atoms with van der Waals surface area (Å²) < 4.78 is 2.03. The van der Waals surface area contributed by atoms with Crippen molar-refractivity contribution in [3.63, 3.8) is 0 Å². The van der Waals surface area contributed by atoms with Crippen molar-refractivity contribution in [2.45, 2.75) is 46.1 Å². The Morgan fingerprint density at radius 3 is 2.35 bits per heavy atom. The summed E-state index contributed by atoms with van der Waals surface area (Å²) >= 11 is 0. The number of aromatic amines is 1. The van der Waals surface area contributed by atoms with Gasteiger partial charge in [0.25, 0.3) is 0 Å². The maximum atomic E-state index is 5.04. The number of imidazole rings is 1. The molecule has 0 atom stereocenters. The zero-order valence-electron chi connectivity index (χ0n) is 21.1. The van der Waals surface area contributed by atoms with Gasteiger partial charge in [-0.3, -0.25) is 9.58 Å². The van der Waals surface area contributed by atoms with E-state index in [2.05, 4.69) is 103 Å². The van der Waals surface area contributed by atoms with Gasteiger partial charge in [-0.25, -0.2) is 4.98 Å². The van der Waals surface area contributed by atoms with E-state index in [4.69, 9.17) is 4.98 Å². The second-order valence-corrected chi connectivity index (χ2v) is 10.5. The van der Waals surface area contributed by atoms with E-state index in [-0.39, 0.29) is 5.41 Å². The van der Waals surface area contributed by atoms with Gasteiger partial charge in [-0.05, 0) is 35.6 Å². The van der Waals surface area contributed by atoms with E-state index in [1.54, 1.807) is 0 Å². The molecular weight excluding hydrogens is 420 g/mol. The van der Waals surface area contributed by atoms with Gasteiger partial charge in [0.1, 0.15) is 11.3 Å². The zero-order valence-corrected chi connectivity index (χ0v) is 21.1. The van der Waals surface area contributed by atoms with Crippen molar-refractivity contribution in [3.05, 3.63) is 65.5 Å². The van der Waals surface area contributed by atoms with Gasteiger partial charge in [0.2, 0.25) is 0 Å². The minimum Gasteiger partial charge on any atom is -0.367 e. The summed E-state index contributed by atoms with van der Waals surface area (Å²) in [5, 5.41) is 4.60. The first-order valence-corrected chi connectivity index (χ1v) is 12.4. The standard InChI is InChI=1S/C28H36N6/c1-6-22-18-23(32(5)31-22)19-33-14-16-34(17-15-33)25-9-7-8-24-26(25)30-27(29-24)20-10-12-21(13-11-20)28(2,3)4/h7-13,18H,6,14-17,19H2,1-5H3,(H,29,30). The highest BCUT2D eigenvalue weighted by molar-refractivity contribution is 5.91. The number of benzene rings is 2. The molecule has 0 radical (unpaired) electrons. The third kappa shape index (κ3) is 4.47. The average molecular weight is 457 g/mol. The molecule has 5 rings (SSSR count). The maximum absolute atomic E-state index is 5.04. The highest BCUT2D eigenvalue weighted by Gasteiger charge is 2.21. The molecule has 0 unspecified atom stereocenters. The lowest BCUT2D eigenvalue weighted by Gasteiger charge is -2.36. The Bertz CT molecular complexity index is 1270. The molecule has 1 saturated heterocycles. The van der Waals surface area contributed by atoms with Crippen molar-refractivity contribution >= 4 is 16.7 Å². The van der Waals surface area contributed by atoms with Crippen LogP contribution < -0.4 is 4.90 Å². The Morgan fingerprint density at radius 2 is 1.71 bits per heavy atom. The minimum absolute atomic E-state index is 0.150. The number of anilines is 1. The summed E-state index contributed by atoms with van der Waals surface area (Å²) in [4.78, 5) is 13.6. The molecule has 1 aliphatic rings. The highest BCUT2D eigenvalue weighted by Crippen LogP contribution is 2.30. The first kappa shape index (κ1) is 22.7. The van der Waals surface area contributed by atoms with Gasteiger partial charge in [-0.1, -0.05) is 58.0 Å². The van der Waals surface area contributed by atoms with Gasteiger partial charge < -0.3 is 9.88 Å². The summed E-state index contributed by atoms with van der Waals surface area (Å²) in [6.45, 7) is 13.9. The molecule has 0 spiro atoms. The topological polar surface area (TPSA) is 53.0 Å². The van der Waals surface area contributed by atoms with Crippen LogP contribution in [0.2, 0.25) is 0 Å². The van der Waals surface area contributed by atoms with E-state index in [1.165, 1.54) is 22.6 Å². The quantitative estimate of drug-likeness (QED) is 0.451. The number of piperazine rings is 1. The van der Waals surface area contributed by atoms with Crippen LogP contribution in [-0.2, 0) is 25.4 Å². The van der Waals surface area contributed by atoms with Gasteiger partial charge in [-0.2, -0.15) is 5.10 Å². The largest absolute Gasteiger partial charge is 0.367 e. The van der Waals surface area contributed by atoms with E-state index >= 15 is 0 Å². The van der Waals surface area contributed by atoms with Crippen LogP contribution in [0, 0.1) is 0 Å². The van der Waals surface area contributed by atoms with E-state index in [9.17, 15) is 0 Å². The monoisotopic (exact) mass is 456 g/mol. The number of aromatic nitrogens is 4. The molecule has 0 amide bonds. The van der Waals surface area contributed by atoms with Crippen LogP contribution in [-0.4, -0.2) is 50.8 Å². The molecule has 34 heavy (non-hydrogen) atoms. The number of H-pyrrole nitrogens is 1. The molecule has 0 saturated carbocycles. The Labute approximate surface area is 202 Å². The minimum atomic E-state index is 0.150. The number of hydrogen-bond acceptors (Lipinski definition) is 4. The predicted octanol–water partition coefficient (Wildman–Crippen LogP) is 5.15. The van der Waals surface area contributed by atoms with E-state index in [0.29, 0.717) is 0 Å². The summed E-state index contributed by atoms with van der Waals surface area (Å²) in [5.41, 5.74) is 8.45. The van der Waals surface area contributed by atoms with Crippen LogP contribution in [0.3, 0.4) is 0 Å². The van der Waals surface area contributed by atoms with Gasteiger partial charge in [0.15, 0.2) is 0 Å². The first-order valence-electron chi connectivity index (χ1n) is 12.4. The molecule has 6 heteroatoms. The second kappa shape index (κ2) is 8.91. The first-order chi connectivity index (χ1) is 16.3. The second-order valence-electron chi connectivity index (χ2n) is 10.5. The number of fused-ring (bicyclic) bond motifs is 1. The van der Waals surface area contributed by atoms with Crippen LogP contribution in [0.25, 0.3) is 22.4 Å². The Balaban J connectivity index is 1.32. The van der Waals surface area contributed by atoms with Gasteiger partial charge >= 0.3 is 0 Å². The van der Waals surface area contributed by atoms with Crippen molar-refractivity contribution in [2.75, 3.05) is 31.1 Å². The highest BCUT2D eigenvalue weighted by atomic mass is 15.3. The molecule has 6 nitrogen and oxygen atoms in total. The van der Waals surface area contributed by atoms with Crippen molar-refractivity contribution in [1.82, 2.24) is 24.6 Å². The van der Waals surface area contributed by atoms with Crippen LogP contribution in [0.1, 0.15) is 44.6 Å². The normalized spacial score (nSPS) is 15.4. The van der Waals surface area contributed by atoms with E-state index in [0.717, 1.165) is 61.6 Å². The van der Waals surface area contributed by atoms with Gasteiger partial charge in [0, 0.05) is 45.3 Å². The third-order valence-corrected chi connectivity index (χ3v) is 7.00. The number of aryl methyl sites for hydroxylation is 2. The molecule has 2 aromatic heterocycles. The smallest absolute Gasteiger partial charge is 0.138 e. The van der Waals surface area contributed by atoms with Crippen molar-refractivity contribution < 1.29 is 0 Å². The van der Waals surface area contributed by atoms with Crippen molar-refractivity contribution in [3.8, 4) is 11.4 Å². The third-order valence-electron chi connectivity index (χ3n) is 7.00. The molecular formula is C28H36N6. The van der Waals surface area contributed by atoms with Gasteiger partial charge in [-0.15, -0.1) is 0 Å². The number of nitrogens with one attached hydrogen (secondary N) is 1. The summed E-state index contributed by atoms with van der Waals surface area (Å²) in [7, 11) is 2.05. The fourth-order valence-corrected chi connectivity index (χ4v) is 4.81. The fourth-order valence-electron chi connectivity index (χ4n) is 4.81. The van der Waals surface area contributed by atoms with Crippen LogP contribution in [0.15, 0.2) is 48.5 Å². The lowest BCUT2D eigenvalue weighted by molar-refractivity contribution is 0.244. The van der Waals surface area contributed by atoms with E-state index < -0.39 is 0 Å². The van der Waals surface area contributed by atoms with Crippen LogP contribution in [0.5, 0.6) is 0 Å². The molecule has 3 heterocycles. The summed E-state index contributed by atoms with van der Waals surface area (Å²) in [5.74, 6) is 0.935. The van der Waals surface area contributed by atoms with Crippen molar-refractivity contribution in [1.29, 1.82) is 0 Å². The number of rotatable bonds is 5. The Hall–Kier alpha value is -3.12. The van der Waals surface area contributed by atoms with Crippen LogP contribution >= 0.6 is 0 Å². The molecule has 0 bridgehead atoms. The lowest BCUT2D eigenvalue weighted by atomic mass is 9.87. The summed E-state index contributed by atoms with van der Waals surface area (Å²) in [6, 6.07) is 17.5. The Kier molecular flexibility index (Phi) is 5.94. The van der Waals surface area contributed by atoms with E-state index in [1.807, 2.05) is 4.68 Å². The molecule has 178 valence electrons. The molecule has 1 aliphatic heterocycles. The average Bonchev–Trinajstić information content (AvgIpc) is 3.42. The lowest BCUT2D eigenvalue weighted by Crippen LogP contribution is -2.46. The molecule has 2 aromatic carbocycles. The predicted molar refractivity (Wildman–Crippen MR) is 140 cm³/mol. The molecule has 1 fully saturated rings. The number of hydrogen-bond donors (Lipinski definition) is 1. The molecule has 0 aliphatic carbocycles. The fraction of sp³-hybridized carbons (Fsp3) is 0.429. The molecule has 4 aromatic rings. The molecule has 1 N–H and O–H groups in total. The maximum Gasteiger partial charge on any atom is 0.138 e.